The molecule has 80 valence electrons. The van der Waals surface area contributed by atoms with E-state index in [1.807, 2.05) is 6.92 Å². The van der Waals surface area contributed by atoms with E-state index in [9.17, 15) is 0 Å². The van der Waals surface area contributed by atoms with Gasteiger partial charge in [0.15, 0.2) is 0 Å². The predicted octanol–water partition coefficient (Wildman–Crippen LogP) is 2.88. The van der Waals surface area contributed by atoms with Gasteiger partial charge in [-0.25, -0.2) is 4.98 Å². The van der Waals surface area contributed by atoms with Crippen molar-refractivity contribution in [2.24, 2.45) is 0 Å². The second kappa shape index (κ2) is 4.06. The van der Waals surface area contributed by atoms with Gasteiger partial charge in [0.25, 0.3) is 0 Å². The lowest BCUT2D eigenvalue weighted by molar-refractivity contribution is 0.347. The average Bonchev–Trinajstić information content (AvgIpc) is 2.56. The molecule has 0 radical (unpaired) electrons. The van der Waals surface area contributed by atoms with Gasteiger partial charge in [0, 0.05) is 11.7 Å². The lowest BCUT2D eigenvalue weighted by atomic mass is 9.95. The molecule has 1 heterocycles. The molecule has 15 heavy (non-hydrogen) atoms. The van der Waals surface area contributed by atoms with Crippen LogP contribution in [0.1, 0.15) is 55.4 Å². The van der Waals surface area contributed by atoms with E-state index < -0.39 is 0 Å². The first-order valence-corrected chi connectivity index (χ1v) is 5.69. The highest BCUT2D eigenvalue weighted by Crippen LogP contribution is 2.30. The maximum absolute atomic E-state index is 9.05. The van der Waals surface area contributed by atoms with Crippen molar-refractivity contribution in [1.29, 1.82) is 5.26 Å². The summed E-state index contributed by atoms with van der Waals surface area (Å²) in [5.74, 6) is 0.594. The molecule has 1 saturated carbocycles. The van der Waals surface area contributed by atoms with Gasteiger partial charge >= 0.3 is 0 Å². The molecule has 0 atom stereocenters. The van der Waals surface area contributed by atoms with Crippen LogP contribution in [-0.2, 0) is 0 Å². The number of imidazole rings is 1. The number of aromatic nitrogens is 2. The highest BCUT2D eigenvalue weighted by Gasteiger charge is 2.21. The molecule has 3 heteroatoms. The van der Waals surface area contributed by atoms with Crippen LogP contribution in [0.25, 0.3) is 0 Å². The molecule has 0 amide bonds. The molecule has 1 aromatic rings. The highest BCUT2D eigenvalue weighted by molar-refractivity contribution is 5.23. The highest BCUT2D eigenvalue weighted by atomic mass is 15.1. The van der Waals surface area contributed by atoms with Crippen LogP contribution in [0.15, 0.2) is 0 Å². The quantitative estimate of drug-likeness (QED) is 0.704. The Balaban J connectivity index is 2.37. The van der Waals surface area contributed by atoms with Crippen LogP contribution < -0.4 is 0 Å². The predicted molar refractivity (Wildman–Crippen MR) is 58.5 cm³/mol. The van der Waals surface area contributed by atoms with E-state index in [2.05, 4.69) is 22.5 Å². The van der Waals surface area contributed by atoms with Gasteiger partial charge in [0.05, 0.1) is 5.69 Å². The topological polar surface area (TPSA) is 41.6 Å². The monoisotopic (exact) mass is 203 g/mol. The summed E-state index contributed by atoms with van der Waals surface area (Å²) < 4.78 is 2.15. The minimum absolute atomic E-state index is 0.509. The van der Waals surface area contributed by atoms with E-state index in [1.165, 1.54) is 37.8 Å². The number of aryl methyl sites for hydroxylation is 1. The van der Waals surface area contributed by atoms with Crippen LogP contribution >= 0.6 is 0 Å². The van der Waals surface area contributed by atoms with E-state index in [0.717, 1.165) is 5.69 Å². The SMILES string of the molecule is Cc1nc(C#N)n(C2CCCCC2)c1C. The van der Waals surface area contributed by atoms with E-state index in [0.29, 0.717) is 11.9 Å². The van der Waals surface area contributed by atoms with E-state index >= 15 is 0 Å². The van der Waals surface area contributed by atoms with Gasteiger partial charge in [-0.15, -0.1) is 0 Å². The first-order valence-electron chi connectivity index (χ1n) is 5.69. The Labute approximate surface area is 90.7 Å². The molecule has 0 spiro atoms. The standard InChI is InChI=1S/C12H17N3/c1-9-10(2)15(12(8-13)14-9)11-6-4-3-5-7-11/h11H,3-7H2,1-2H3. The summed E-state index contributed by atoms with van der Waals surface area (Å²) in [5.41, 5.74) is 2.16. The van der Waals surface area contributed by atoms with Gasteiger partial charge in [-0.2, -0.15) is 5.26 Å². The molecular formula is C12H17N3. The Bertz CT molecular complexity index is 392. The Morgan fingerprint density at radius 3 is 2.53 bits per heavy atom. The number of hydrogen-bond donors (Lipinski definition) is 0. The van der Waals surface area contributed by atoms with Crippen LogP contribution in [0.4, 0.5) is 0 Å². The molecule has 1 aliphatic rings. The van der Waals surface area contributed by atoms with Crippen molar-refractivity contribution in [1.82, 2.24) is 9.55 Å². The van der Waals surface area contributed by atoms with Crippen molar-refractivity contribution in [3.63, 3.8) is 0 Å². The fraction of sp³-hybridized carbons (Fsp3) is 0.667. The summed E-state index contributed by atoms with van der Waals surface area (Å²) in [6, 6.07) is 2.72. The summed E-state index contributed by atoms with van der Waals surface area (Å²) in [6.45, 7) is 4.05. The molecule has 1 aromatic heterocycles. The largest absolute Gasteiger partial charge is 0.317 e. The van der Waals surface area contributed by atoms with E-state index in [1.54, 1.807) is 0 Å². The third-order valence-electron chi connectivity index (χ3n) is 3.43. The molecule has 0 unspecified atom stereocenters. The molecule has 3 nitrogen and oxygen atoms in total. The van der Waals surface area contributed by atoms with Crippen LogP contribution in [0, 0.1) is 25.2 Å². The van der Waals surface area contributed by atoms with Gasteiger partial charge in [-0.05, 0) is 26.7 Å². The zero-order chi connectivity index (χ0) is 10.8. The van der Waals surface area contributed by atoms with Gasteiger partial charge in [-0.3, -0.25) is 0 Å². The molecule has 0 aliphatic heterocycles. The number of rotatable bonds is 1. The average molecular weight is 203 g/mol. The van der Waals surface area contributed by atoms with Crippen LogP contribution in [-0.4, -0.2) is 9.55 Å². The molecule has 0 aromatic carbocycles. The van der Waals surface area contributed by atoms with Crippen LogP contribution in [0.5, 0.6) is 0 Å². The van der Waals surface area contributed by atoms with E-state index in [-0.39, 0.29) is 0 Å². The van der Waals surface area contributed by atoms with Gasteiger partial charge in [-0.1, -0.05) is 19.3 Å². The minimum Gasteiger partial charge on any atom is -0.317 e. The molecule has 0 bridgehead atoms. The summed E-state index contributed by atoms with van der Waals surface area (Å²) in [6.07, 6.45) is 6.31. The normalized spacial score (nSPS) is 17.7. The lowest BCUT2D eigenvalue weighted by Gasteiger charge is -2.24. The fourth-order valence-electron chi connectivity index (χ4n) is 2.49. The number of nitrogens with zero attached hydrogens (tertiary/aromatic N) is 3. The van der Waals surface area contributed by atoms with Crippen LogP contribution in [0.2, 0.25) is 0 Å². The Morgan fingerprint density at radius 2 is 1.93 bits per heavy atom. The minimum atomic E-state index is 0.509. The lowest BCUT2D eigenvalue weighted by Crippen LogP contribution is -2.15. The summed E-state index contributed by atoms with van der Waals surface area (Å²) in [7, 11) is 0. The first-order chi connectivity index (χ1) is 7.24. The van der Waals surface area contributed by atoms with Gasteiger partial charge < -0.3 is 4.57 Å². The Morgan fingerprint density at radius 1 is 1.27 bits per heavy atom. The first kappa shape index (κ1) is 10.2. The number of hydrogen-bond acceptors (Lipinski definition) is 2. The molecular weight excluding hydrogens is 186 g/mol. The third-order valence-corrected chi connectivity index (χ3v) is 3.43. The summed E-state index contributed by atoms with van der Waals surface area (Å²) >= 11 is 0. The second-order valence-electron chi connectivity index (χ2n) is 4.38. The van der Waals surface area contributed by atoms with Crippen LogP contribution in [0.3, 0.4) is 0 Å². The van der Waals surface area contributed by atoms with E-state index in [4.69, 9.17) is 5.26 Å². The fourth-order valence-corrected chi connectivity index (χ4v) is 2.49. The maximum atomic E-state index is 9.05. The van der Waals surface area contributed by atoms with Crippen molar-refractivity contribution < 1.29 is 0 Å². The molecule has 1 aliphatic carbocycles. The van der Waals surface area contributed by atoms with Crippen molar-refractivity contribution >= 4 is 0 Å². The van der Waals surface area contributed by atoms with Crippen molar-refractivity contribution in [3.05, 3.63) is 17.2 Å². The molecule has 0 saturated heterocycles. The second-order valence-corrected chi connectivity index (χ2v) is 4.38. The molecule has 1 fully saturated rings. The van der Waals surface area contributed by atoms with Crippen molar-refractivity contribution in [2.45, 2.75) is 52.0 Å². The van der Waals surface area contributed by atoms with Crippen molar-refractivity contribution in [2.75, 3.05) is 0 Å². The van der Waals surface area contributed by atoms with Crippen molar-refractivity contribution in [3.8, 4) is 6.07 Å². The Hall–Kier alpha value is -1.30. The van der Waals surface area contributed by atoms with Gasteiger partial charge in [0.1, 0.15) is 6.07 Å². The zero-order valence-electron chi connectivity index (χ0n) is 9.45. The third kappa shape index (κ3) is 1.77. The summed E-state index contributed by atoms with van der Waals surface area (Å²) in [4.78, 5) is 4.31. The molecule has 0 N–H and O–H groups in total. The smallest absolute Gasteiger partial charge is 0.213 e. The summed E-state index contributed by atoms with van der Waals surface area (Å²) in [5, 5.41) is 9.05. The number of nitriles is 1. The Kier molecular flexibility index (Phi) is 2.77. The van der Waals surface area contributed by atoms with Gasteiger partial charge in [0.2, 0.25) is 5.82 Å². The molecule has 2 rings (SSSR count). The maximum Gasteiger partial charge on any atom is 0.213 e. The zero-order valence-corrected chi connectivity index (χ0v) is 9.45.